The second-order valence-electron chi connectivity index (χ2n) is 3.02. The zero-order valence-electron chi connectivity index (χ0n) is 7.89. The predicted octanol–water partition coefficient (Wildman–Crippen LogP) is 1.81. The summed E-state index contributed by atoms with van der Waals surface area (Å²) in [4.78, 5) is 12.5. The molecule has 2 heterocycles. The summed E-state index contributed by atoms with van der Waals surface area (Å²) in [6, 6.07) is 5.74. The van der Waals surface area contributed by atoms with Gasteiger partial charge in [0.05, 0.1) is 10.9 Å². The first-order valence-electron chi connectivity index (χ1n) is 4.42. The Morgan fingerprint density at radius 2 is 2.13 bits per heavy atom. The van der Waals surface area contributed by atoms with Gasteiger partial charge in [-0.25, -0.2) is 9.97 Å². The van der Waals surface area contributed by atoms with Gasteiger partial charge in [-0.1, -0.05) is 6.07 Å². The summed E-state index contributed by atoms with van der Waals surface area (Å²) < 4.78 is 0.715. The lowest BCUT2D eigenvalue weighted by Crippen LogP contribution is -2.01. The average molecular weight is 265 g/mol. The van der Waals surface area contributed by atoms with Crippen LogP contribution in [-0.4, -0.2) is 15.0 Å². The van der Waals surface area contributed by atoms with Crippen LogP contribution in [0.2, 0.25) is 0 Å². The van der Waals surface area contributed by atoms with Gasteiger partial charge in [0.25, 0.3) is 0 Å². The van der Waals surface area contributed by atoms with Gasteiger partial charge in [-0.2, -0.15) is 0 Å². The maximum absolute atomic E-state index is 5.66. The largest absolute Gasteiger partial charge is 0.383 e. The van der Waals surface area contributed by atoms with Crippen molar-refractivity contribution < 1.29 is 0 Å². The standard InChI is InChI=1S/C10H9BrN4/c11-8-6-14-9(15-10(8)12)5-7-3-1-2-4-13-7/h1-4,6H,5H2,(H2,12,14,15). The van der Waals surface area contributed by atoms with Crippen LogP contribution in [0.15, 0.2) is 35.1 Å². The molecule has 0 aliphatic heterocycles. The molecule has 0 aliphatic rings. The van der Waals surface area contributed by atoms with Crippen LogP contribution >= 0.6 is 15.9 Å². The minimum atomic E-state index is 0.455. The SMILES string of the molecule is Nc1nc(Cc2ccccn2)ncc1Br. The topological polar surface area (TPSA) is 64.7 Å². The van der Waals surface area contributed by atoms with Crippen molar-refractivity contribution in [1.29, 1.82) is 0 Å². The Kier molecular flexibility index (Phi) is 2.91. The first-order valence-corrected chi connectivity index (χ1v) is 5.22. The van der Waals surface area contributed by atoms with Crippen LogP contribution in [0.4, 0.5) is 5.82 Å². The van der Waals surface area contributed by atoms with Crippen molar-refractivity contribution in [2.45, 2.75) is 6.42 Å². The van der Waals surface area contributed by atoms with Crippen LogP contribution in [-0.2, 0) is 6.42 Å². The van der Waals surface area contributed by atoms with E-state index in [4.69, 9.17) is 5.73 Å². The minimum absolute atomic E-state index is 0.455. The normalized spacial score (nSPS) is 10.2. The fourth-order valence-corrected chi connectivity index (χ4v) is 1.36. The maximum Gasteiger partial charge on any atom is 0.141 e. The molecule has 0 fully saturated rings. The van der Waals surface area contributed by atoms with Gasteiger partial charge < -0.3 is 5.73 Å². The number of rotatable bonds is 2. The fourth-order valence-electron chi connectivity index (χ4n) is 1.17. The summed E-state index contributed by atoms with van der Waals surface area (Å²) >= 11 is 3.25. The van der Waals surface area contributed by atoms with Crippen LogP contribution < -0.4 is 5.73 Å². The molecule has 0 bridgehead atoms. The Morgan fingerprint density at radius 1 is 1.27 bits per heavy atom. The van der Waals surface area contributed by atoms with E-state index in [9.17, 15) is 0 Å². The Bertz CT molecular complexity index is 458. The number of hydrogen-bond acceptors (Lipinski definition) is 4. The highest BCUT2D eigenvalue weighted by Crippen LogP contribution is 2.15. The number of pyridine rings is 1. The number of nitrogens with two attached hydrogens (primary N) is 1. The van der Waals surface area contributed by atoms with Crippen molar-refractivity contribution in [2.24, 2.45) is 0 Å². The van der Waals surface area contributed by atoms with Crippen LogP contribution in [0.25, 0.3) is 0 Å². The monoisotopic (exact) mass is 264 g/mol. The maximum atomic E-state index is 5.66. The van der Waals surface area contributed by atoms with E-state index in [0.717, 1.165) is 5.69 Å². The predicted molar refractivity (Wildman–Crippen MR) is 61.2 cm³/mol. The third kappa shape index (κ3) is 2.50. The molecule has 0 amide bonds. The number of nitrogen functional groups attached to an aromatic ring is 1. The van der Waals surface area contributed by atoms with E-state index in [1.54, 1.807) is 12.4 Å². The number of anilines is 1. The lowest BCUT2D eigenvalue weighted by Gasteiger charge is -2.01. The summed E-state index contributed by atoms with van der Waals surface area (Å²) in [5, 5.41) is 0. The molecule has 2 aromatic rings. The van der Waals surface area contributed by atoms with Crippen molar-refractivity contribution in [3.8, 4) is 0 Å². The molecule has 5 heteroatoms. The summed E-state index contributed by atoms with van der Waals surface area (Å²) in [5.41, 5.74) is 6.59. The minimum Gasteiger partial charge on any atom is -0.383 e. The lowest BCUT2D eigenvalue weighted by molar-refractivity contribution is 0.936. The van der Waals surface area contributed by atoms with Gasteiger partial charge in [-0.3, -0.25) is 4.98 Å². The van der Waals surface area contributed by atoms with E-state index in [1.165, 1.54) is 0 Å². The smallest absolute Gasteiger partial charge is 0.141 e. The Labute approximate surface area is 95.7 Å². The second-order valence-corrected chi connectivity index (χ2v) is 3.87. The molecule has 2 rings (SSSR count). The van der Waals surface area contributed by atoms with E-state index in [1.807, 2.05) is 18.2 Å². The molecule has 0 atom stereocenters. The average Bonchev–Trinajstić information content (AvgIpc) is 2.25. The first kappa shape index (κ1) is 10.0. The van der Waals surface area contributed by atoms with E-state index in [0.29, 0.717) is 22.5 Å². The highest BCUT2D eigenvalue weighted by molar-refractivity contribution is 9.10. The van der Waals surface area contributed by atoms with Gasteiger partial charge in [0, 0.05) is 18.1 Å². The van der Waals surface area contributed by atoms with Gasteiger partial charge in [0.2, 0.25) is 0 Å². The third-order valence-electron chi connectivity index (χ3n) is 1.89. The molecule has 0 aliphatic carbocycles. The van der Waals surface area contributed by atoms with Crippen molar-refractivity contribution in [3.63, 3.8) is 0 Å². The number of halogens is 1. The summed E-state index contributed by atoms with van der Waals surface area (Å²) in [6.45, 7) is 0. The Balaban J connectivity index is 2.22. The van der Waals surface area contributed by atoms with Crippen LogP contribution in [0.3, 0.4) is 0 Å². The molecule has 15 heavy (non-hydrogen) atoms. The molecule has 0 aromatic carbocycles. The summed E-state index contributed by atoms with van der Waals surface area (Å²) in [7, 11) is 0. The van der Waals surface area contributed by atoms with Crippen molar-refractivity contribution >= 4 is 21.7 Å². The molecular formula is C10H9BrN4. The highest BCUT2D eigenvalue weighted by atomic mass is 79.9. The van der Waals surface area contributed by atoms with Gasteiger partial charge in [0.15, 0.2) is 0 Å². The molecule has 0 radical (unpaired) electrons. The van der Waals surface area contributed by atoms with Crippen molar-refractivity contribution in [3.05, 3.63) is 46.6 Å². The van der Waals surface area contributed by atoms with E-state index in [2.05, 4.69) is 30.9 Å². The van der Waals surface area contributed by atoms with E-state index < -0.39 is 0 Å². The first-order chi connectivity index (χ1) is 7.25. The van der Waals surface area contributed by atoms with Crippen LogP contribution in [0.1, 0.15) is 11.5 Å². The molecule has 2 aromatic heterocycles. The van der Waals surface area contributed by atoms with Gasteiger partial charge >= 0.3 is 0 Å². The molecule has 0 saturated heterocycles. The molecule has 0 saturated carbocycles. The van der Waals surface area contributed by atoms with Gasteiger partial charge in [-0.05, 0) is 28.1 Å². The lowest BCUT2D eigenvalue weighted by atomic mass is 10.2. The number of hydrogen-bond donors (Lipinski definition) is 1. The van der Waals surface area contributed by atoms with Crippen molar-refractivity contribution in [2.75, 3.05) is 5.73 Å². The molecule has 0 unspecified atom stereocenters. The highest BCUT2D eigenvalue weighted by Gasteiger charge is 2.03. The molecule has 2 N–H and O–H groups in total. The molecular weight excluding hydrogens is 256 g/mol. The zero-order valence-corrected chi connectivity index (χ0v) is 9.48. The Hall–Kier alpha value is -1.49. The van der Waals surface area contributed by atoms with Crippen molar-refractivity contribution in [1.82, 2.24) is 15.0 Å². The quantitative estimate of drug-likeness (QED) is 0.899. The Morgan fingerprint density at radius 3 is 2.80 bits per heavy atom. The van der Waals surface area contributed by atoms with E-state index in [-0.39, 0.29) is 0 Å². The fraction of sp³-hybridized carbons (Fsp3) is 0.100. The van der Waals surface area contributed by atoms with Crippen LogP contribution in [0.5, 0.6) is 0 Å². The zero-order chi connectivity index (χ0) is 10.7. The van der Waals surface area contributed by atoms with Gasteiger partial charge in [-0.15, -0.1) is 0 Å². The summed E-state index contributed by atoms with van der Waals surface area (Å²) in [5.74, 6) is 1.13. The number of nitrogens with zero attached hydrogens (tertiary/aromatic N) is 3. The summed E-state index contributed by atoms with van der Waals surface area (Å²) in [6.07, 6.45) is 4.00. The third-order valence-corrected chi connectivity index (χ3v) is 2.50. The second kappa shape index (κ2) is 4.35. The molecule has 76 valence electrons. The van der Waals surface area contributed by atoms with E-state index >= 15 is 0 Å². The van der Waals surface area contributed by atoms with Crippen LogP contribution in [0, 0.1) is 0 Å². The molecule has 0 spiro atoms. The molecule has 4 nitrogen and oxygen atoms in total. The van der Waals surface area contributed by atoms with Gasteiger partial charge in [0.1, 0.15) is 11.6 Å². The number of aromatic nitrogens is 3.